The number of pyridine rings is 1. The van der Waals surface area contributed by atoms with Gasteiger partial charge in [-0.05, 0) is 43.7 Å². The van der Waals surface area contributed by atoms with Gasteiger partial charge < -0.3 is 14.2 Å². The predicted molar refractivity (Wildman–Crippen MR) is 81.5 cm³/mol. The quantitative estimate of drug-likeness (QED) is 0.799. The highest BCUT2D eigenvalue weighted by Gasteiger charge is 2.14. The zero-order chi connectivity index (χ0) is 14.8. The van der Waals surface area contributed by atoms with E-state index < -0.39 is 6.10 Å². The van der Waals surface area contributed by atoms with Gasteiger partial charge in [-0.15, -0.1) is 0 Å². The van der Waals surface area contributed by atoms with Gasteiger partial charge in [0.05, 0.1) is 11.8 Å². The molecule has 2 aromatic heterocycles. The van der Waals surface area contributed by atoms with E-state index >= 15 is 0 Å². The highest BCUT2D eigenvalue weighted by molar-refractivity contribution is 5.41. The van der Waals surface area contributed by atoms with Crippen LogP contribution in [0.1, 0.15) is 31.2 Å². The number of nitrogens with zero attached hydrogens (tertiary/aromatic N) is 2. The van der Waals surface area contributed by atoms with Gasteiger partial charge in [0, 0.05) is 12.4 Å². The van der Waals surface area contributed by atoms with Crippen molar-refractivity contribution >= 4 is 5.65 Å². The Morgan fingerprint density at radius 2 is 1.86 bits per heavy atom. The first-order valence-corrected chi connectivity index (χ1v) is 7.02. The number of aliphatic hydroxyl groups excluding tert-OH is 1. The fourth-order valence-electron chi connectivity index (χ4n) is 2.26. The third kappa shape index (κ3) is 2.90. The Morgan fingerprint density at radius 3 is 2.52 bits per heavy atom. The van der Waals surface area contributed by atoms with Crippen molar-refractivity contribution in [1.29, 1.82) is 0 Å². The van der Waals surface area contributed by atoms with Crippen molar-refractivity contribution < 1.29 is 9.84 Å². The number of ether oxygens (including phenoxy) is 1. The minimum atomic E-state index is -0.738. The van der Waals surface area contributed by atoms with Crippen LogP contribution >= 0.6 is 0 Å². The Bertz CT molecular complexity index is 699. The maximum absolute atomic E-state index is 10.4. The zero-order valence-electron chi connectivity index (χ0n) is 12.1. The molecule has 21 heavy (non-hydrogen) atoms. The first kappa shape index (κ1) is 13.6. The van der Waals surface area contributed by atoms with Crippen molar-refractivity contribution in [3.05, 3.63) is 66.1 Å². The highest BCUT2D eigenvalue weighted by Crippen LogP contribution is 2.24. The molecule has 3 rings (SSSR count). The average Bonchev–Trinajstić information content (AvgIpc) is 2.90. The number of aromatic nitrogens is 2. The molecule has 108 valence electrons. The van der Waals surface area contributed by atoms with Crippen LogP contribution in [0, 0.1) is 0 Å². The largest absolute Gasteiger partial charge is 0.491 e. The molecule has 0 fully saturated rings. The van der Waals surface area contributed by atoms with Crippen molar-refractivity contribution in [1.82, 2.24) is 9.38 Å². The van der Waals surface area contributed by atoms with Gasteiger partial charge in [0.15, 0.2) is 0 Å². The molecular weight excluding hydrogens is 264 g/mol. The number of fused-ring (bicyclic) bond motifs is 1. The molecule has 0 amide bonds. The van der Waals surface area contributed by atoms with Gasteiger partial charge in [-0.3, -0.25) is 0 Å². The van der Waals surface area contributed by atoms with E-state index in [1.165, 1.54) is 0 Å². The molecule has 1 unspecified atom stereocenters. The van der Waals surface area contributed by atoms with Crippen molar-refractivity contribution in [2.24, 2.45) is 0 Å². The highest BCUT2D eigenvalue weighted by atomic mass is 16.5. The van der Waals surface area contributed by atoms with Crippen molar-refractivity contribution in [3.63, 3.8) is 0 Å². The van der Waals surface area contributed by atoms with Gasteiger partial charge in [-0.25, -0.2) is 4.98 Å². The molecule has 0 bridgehead atoms. The average molecular weight is 282 g/mol. The van der Waals surface area contributed by atoms with E-state index in [9.17, 15) is 5.11 Å². The van der Waals surface area contributed by atoms with Crippen LogP contribution in [0.2, 0.25) is 0 Å². The predicted octanol–water partition coefficient (Wildman–Crippen LogP) is 3.20. The first-order chi connectivity index (χ1) is 10.1. The zero-order valence-corrected chi connectivity index (χ0v) is 12.1. The maximum Gasteiger partial charge on any atom is 0.137 e. The summed E-state index contributed by atoms with van der Waals surface area (Å²) in [7, 11) is 0. The summed E-state index contributed by atoms with van der Waals surface area (Å²) in [6, 6.07) is 13.2. The topological polar surface area (TPSA) is 46.8 Å². The molecule has 3 aromatic rings. The van der Waals surface area contributed by atoms with E-state index in [0.29, 0.717) is 5.69 Å². The SMILES string of the molecule is CC(C)Oc1ccc(C(O)c2cn3ccccc3n2)cc1. The summed E-state index contributed by atoms with van der Waals surface area (Å²) in [5.41, 5.74) is 2.26. The van der Waals surface area contributed by atoms with Crippen LogP contribution in [0.4, 0.5) is 0 Å². The number of aliphatic hydroxyl groups is 1. The summed E-state index contributed by atoms with van der Waals surface area (Å²) in [5, 5.41) is 10.4. The summed E-state index contributed by atoms with van der Waals surface area (Å²) in [4.78, 5) is 4.44. The van der Waals surface area contributed by atoms with Crippen LogP contribution in [0.5, 0.6) is 5.75 Å². The summed E-state index contributed by atoms with van der Waals surface area (Å²) in [6.07, 6.45) is 3.16. The van der Waals surface area contributed by atoms with Crippen LogP contribution in [0.25, 0.3) is 5.65 Å². The Balaban J connectivity index is 1.85. The van der Waals surface area contributed by atoms with Crippen LogP contribution in [0.15, 0.2) is 54.9 Å². The normalized spacial score (nSPS) is 12.8. The lowest BCUT2D eigenvalue weighted by Crippen LogP contribution is -2.06. The Hall–Kier alpha value is -2.33. The molecule has 0 aliphatic carbocycles. The Morgan fingerprint density at radius 1 is 1.10 bits per heavy atom. The summed E-state index contributed by atoms with van der Waals surface area (Å²) >= 11 is 0. The molecule has 0 aliphatic rings. The number of hydrogen-bond donors (Lipinski definition) is 1. The van der Waals surface area contributed by atoms with Crippen molar-refractivity contribution in [2.45, 2.75) is 26.1 Å². The molecule has 1 N–H and O–H groups in total. The summed E-state index contributed by atoms with van der Waals surface area (Å²) in [5.74, 6) is 0.802. The van der Waals surface area contributed by atoms with E-state index in [0.717, 1.165) is 17.0 Å². The molecule has 0 saturated carbocycles. The van der Waals surface area contributed by atoms with Gasteiger partial charge >= 0.3 is 0 Å². The molecule has 0 spiro atoms. The Kier molecular flexibility index (Phi) is 3.62. The minimum Gasteiger partial charge on any atom is -0.491 e. The Labute approximate surface area is 123 Å². The van der Waals surface area contributed by atoms with E-state index in [-0.39, 0.29) is 6.10 Å². The number of benzene rings is 1. The number of rotatable bonds is 4. The van der Waals surface area contributed by atoms with E-state index in [2.05, 4.69) is 4.98 Å². The first-order valence-electron chi connectivity index (χ1n) is 7.02. The summed E-state index contributed by atoms with van der Waals surface area (Å²) < 4.78 is 7.50. The van der Waals surface area contributed by atoms with Crippen LogP contribution < -0.4 is 4.74 Å². The molecule has 4 heteroatoms. The smallest absolute Gasteiger partial charge is 0.137 e. The standard InChI is InChI=1S/C17H18N2O2/c1-12(2)21-14-8-6-13(7-9-14)17(20)15-11-19-10-4-3-5-16(19)18-15/h3-12,17,20H,1-2H3. The lowest BCUT2D eigenvalue weighted by Gasteiger charge is -2.12. The molecule has 2 heterocycles. The number of hydrogen-bond acceptors (Lipinski definition) is 3. The van der Waals surface area contributed by atoms with Crippen LogP contribution in [0.3, 0.4) is 0 Å². The molecule has 4 nitrogen and oxygen atoms in total. The van der Waals surface area contributed by atoms with Gasteiger partial charge in [-0.2, -0.15) is 0 Å². The fraction of sp³-hybridized carbons (Fsp3) is 0.235. The van der Waals surface area contributed by atoms with E-state index in [4.69, 9.17) is 4.74 Å². The van der Waals surface area contributed by atoms with Gasteiger partial charge in [0.2, 0.25) is 0 Å². The lowest BCUT2D eigenvalue weighted by molar-refractivity contribution is 0.215. The molecule has 0 saturated heterocycles. The minimum absolute atomic E-state index is 0.138. The second kappa shape index (κ2) is 5.58. The van der Waals surface area contributed by atoms with Gasteiger partial charge in [0.1, 0.15) is 17.5 Å². The van der Waals surface area contributed by atoms with Crippen molar-refractivity contribution in [2.75, 3.05) is 0 Å². The molecular formula is C17H18N2O2. The molecule has 0 aliphatic heterocycles. The molecule has 1 aromatic carbocycles. The molecule has 0 radical (unpaired) electrons. The lowest BCUT2D eigenvalue weighted by atomic mass is 10.1. The van der Waals surface area contributed by atoms with Gasteiger partial charge in [-0.1, -0.05) is 18.2 Å². The van der Waals surface area contributed by atoms with Crippen LogP contribution in [-0.2, 0) is 0 Å². The van der Waals surface area contributed by atoms with E-state index in [1.54, 1.807) is 0 Å². The number of imidazole rings is 1. The van der Waals surface area contributed by atoms with Crippen molar-refractivity contribution in [3.8, 4) is 5.75 Å². The monoisotopic (exact) mass is 282 g/mol. The second-order valence-electron chi connectivity index (χ2n) is 5.27. The maximum atomic E-state index is 10.4. The third-order valence-corrected chi connectivity index (χ3v) is 3.23. The summed E-state index contributed by atoms with van der Waals surface area (Å²) in [6.45, 7) is 3.97. The van der Waals surface area contributed by atoms with E-state index in [1.807, 2.05) is 73.1 Å². The third-order valence-electron chi connectivity index (χ3n) is 3.23. The fourth-order valence-corrected chi connectivity index (χ4v) is 2.26. The van der Waals surface area contributed by atoms with Crippen LogP contribution in [-0.4, -0.2) is 20.6 Å². The second-order valence-corrected chi connectivity index (χ2v) is 5.27. The molecule has 1 atom stereocenters. The van der Waals surface area contributed by atoms with Gasteiger partial charge in [0.25, 0.3) is 0 Å².